The van der Waals surface area contributed by atoms with Gasteiger partial charge in [-0.05, 0) is 69.4 Å². The summed E-state index contributed by atoms with van der Waals surface area (Å²) in [5.74, 6) is 0. The standard InChI is InChI=1S/2C22H17N3S/c1-2-5-16(6-3-1)22(17-9-12-23-13-10-17)11-8-18-19(15-22)24-25-21(18)20-7-4-14-26-20;1-2-4-17(5-3-1)22(18-7-11-23-12-8-18)10-6-19-20(14-22)24-25-21(19)16-9-13-26-15-16/h1-14H,15H2,(H,24,25);1-13,15H,14H2,(H,24,25). The molecule has 0 radical (unpaired) electrons. The minimum atomic E-state index is -0.213. The van der Waals surface area contributed by atoms with Gasteiger partial charge in [-0.25, -0.2) is 0 Å². The van der Waals surface area contributed by atoms with E-state index in [1.54, 1.807) is 22.7 Å². The number of hydrogen-bond acceptors (Lipinski definition) is 6. The number of aromatic nitrogens is 6. The van der Waals surface area contributed by atoms with Crippen LogP contribution in [0.25, 0.3) is 34.0 Å². The number of aromatic amines is 2. The van der Waals surface area contributed by atoms with E-state index in [0.29, 0.717) is 0 Å². The average molecular weight is 711 g/mol. The van der Waals surface area contributed by atoms with E-state index in [4.69, 9.17) is 0 Å². The summed E-state index contributed by atoms with van der Waals surface area (Å²) < 4.78 is 0. The number of nitrogens with one attached hydrogen (secondary N) is 2. The normalized spacial score (nSPS) is 18.6. The van der Waals surface area contributed by atoms with Crippen molar-refractivity contribution in [1.29, 1.82) is 0 Å². The van der Waals surface area contributed by atoms with Crippen LogP contribution in [0, 0.1) is 0 Å². The molecule has 2 unspecified atom stereocenters. The maximum Gasteiger partial charge on any atom is 0.109 e. The first kappa shape index (κ1) is 32.0. The van der Waals surface area contributed by atoms with Gasteiger partial charge in [-0.15, -0.1) is 11.3 Å². The maximum absolute atomic E-state index is 4.61. The highest BCUT2D eigenvalue weighted by Crippen LogP contribution is 2.44. The van der Waals surface area contributed by atoms with E-state index in [9.17, 15) is 0 Å². The number of benzene rings is 2. The van der Waals surface area contributed by atoms with Gasteiger partial charge in [-0.3, -0.25) is 20.2 Å². The molecule has 6 heterocycles. The maximum atomic E-state index is 4.61. The predicted octanol–water partition coefficient (Wildman–Crippen LogP) is 10.2. The van der Waals surface area contributed by atoms with Gasteiger partial charge in [-0.1, -0.05) is 91.0 Å². The van der Waals surface area contributed by atoms with Crippen LogP contribution in [0.15, 0.2) is 156 Å². The minimum absolute atomic E-state index is 0.212. The summed E-state index contributed by atoms with van der Waals surface area (Å²) in [5, 5.41) is 22.1. The van der Waals surface area contributed by atoms with E-state index in [-0.39, 0.29) is 10.8 Å². The summed E-state index contributed by atoms with van der Waals surface area (Å²) in [5.41, 5.74) is 12.6. The Balaban J connectivity index is 0.000000138. The fourth-order valence-electron chi connectivity index (χ4n) is 7.65. The number of pyridine rings is 2. The topological polar surface area (TPSA) is 83.1 Å². The molecule has 0 bridgehead atoms. The van der Waals surface area contributed by atoms with Crippen molar-refractivity contribution < 1.29 is 0 Å². The van der Waals surface area contributed by atoms with Gasteiger partial charge in [0.2, 0.25) is 0 Å². The summed E-state index contributed by atoms with van der Waals surface area (Å²) in [7, 11) is 0. The molecule has 8 aromatic rings. The number of H-pyrrole nitrogens is 2. The lowest BCUT2D eigenvalue weighted by atomic mass is 9.68. The molecule has 2 N–H and O–H groups in total. The molecule has 6 aromatic heterocycles. The van der Waals surface area contributed by atoms with Crippen molar-refractivity contribution in [3.63, 3.8) is 0 Å². The van der Waals surface area contributed by atoms with E-state index in [2.05, 4.69) is 174 Å². The second-order valence-corrected chi connectivity index (χ2v) is 14.8. The van der Waals surface area contributed by atoms with Crippen molar-refractivity contribution in [3.05, 3.63) is 201 Å². The third-order valence-electron chi connectivity index (χ3n) is 10.3. The molecule has 252 valence electrons. The van der Waals surface area contributed by atoms with Crippen LogP contribution in [0.3, 0.4) is 0 Å². The zero-order chi connectivity index (χ0) is 34.8. The molecule has 2 atom stereocenters. The predicted molar refractivity (Wildman–Crippen MR) is 212 cm³/mol. The Bertz CT molecular complexity index is 2190. The molecule has 8 heteroatoms. The Hall–Kier alpha value is -5.96. The van der Waals surface area contributed by atoms with Gasteiger partial charge in [0.25, 0.3) is 0 Å². The fourth-order valence-corrected chi connectivity index (χ4v) is 9.01. The third kappa shape index (κ3) is 5.66. The number of rotatable bonds is 6. The second kappa shape index (κ2) is 13.6. The Morgan fingerprint density at radius 2 is 1.04 bits per heavy atom. The van der Waals surface area contributed by atoms with E-state index in [0.717, 1.165) is 24.2 Å². The van der Waals surface area contributed by atoms with Gasteiger partial charge in [0.15, 0.2) is 0 Å². The molecule has 0 saturated heterocycles. The van der Waals surface area contributed by atoms with Crippen molar-refractivity contribution in [2.24, 2.45) is 0 Å². The molecule has 2 aliphatic rings. The molecule has 0 amide bonds. The Morgan fingerprint density at radius 3 is 1.54 bits per heavy atom. The summed E-state index contributed by atoms with van der Waals surface area (Å²) in [6, 6.07) is 36.1. The highest BCUT2D eigenvalue weighted by molar-refractivity contribution is 7.13. The molecule has 0 spiro atoms. The van der Waals surface area contributed by atoms with Gasteiger partial charge in [-0.2, -0.15) is 21.5 Å². The summed E-state index contributed by atoms with van der Waals surface area (Å²) in [4.78, 5) is 9.61. The average Bonchev–Trinajstić information content (AvgIpc) is 4.07. The van der Waals surface area contributed by atoms with Crippen LogP contribution < -0.4 is 0 Å². The van der Waals surface area contributed by atoms with Crippen LogP contribution in [0.4, 0.5) is 0 Å². The molecule has 0 saturated carbocycles. The summed E-state index contributed by atoms with van der Waals surface area (Å²) >= 11 is 3.42. The van der Waals surface area contributed by atoms with Gasteiger partial charge in [0.1, 0.15) is 11.4 Å². The molecule has 0 fully saturated rings. The first-order chi connectivity index (χ1) is 25.7. The number of thiophene rings is 2. The zero-order valence-corrected chi connectivity index (χ0v) is 29.8. The largest absolute Gasteiger partial charge is 0.281 e. The Labute approximate surface area is 310 Å². The molecular formula is C44H34N6S2. The number of allylic oxidation sites excluding steroid dienone is 2. The highest BCUT2D eigenvalue weighted by atomic mass is 32.1. The van der Waals surface area contributed by atoms with E-state index in [1.165, 1.54) is 55.2 Å². The molecule has 2 aromatic carbocycles. The van der Waals surface area contributed by atoms with Gasteiger partial charge < -0.3 is 0 Å². The van der Waals surface area contributed by atoms with Crippen molar-refractivity contribution in [2.75, 3.05) is 0 Å². The lowest BCUT2D eigenvalue weighted by molar-refractivity contribution is 0.619. The van der Waals surface area contributed by atoms with Crippen LogP contribution in [0.2, 0.25) is 0 Å². The van der Waals surface area contributed by atoms with Crippen molar-refractivity contribution in [1.82, 2.24) is 30.4 Å². The molecule has 0 aliphatic heterocycles. The molecule has 10 rings (SSSR count). The van der Waals surface area contributed by atoms with E-state index < -0.39 is 0 Å². The van der Waals surface area contributed by atoms with Crippen molar-refractivity contribution in [2.45, 2.75) is 23.7 Å². The van der Waals surface area contributed by atoms with Crippen LogP contribution in [-0.4, -0.2) is 30.4 Å². The van der Waals surface area contributed by atoms with Gasteiger partial charge in [0.05, 0.1) is 4.88 Å². The lowest BCUT2D eigenvalue weighted by Crippen LogP contribution is -2.30. The van der Waals surface area contributed by atoms with Gasteiger partial charge in [0, 0.05) is 81.9 Å². The SMILES string of the molecule is C1=CC(c2ccccc2)(c2ccncc2)Cc2[nH]nc(-c3cccs3)c21.C1=CC(c2ccccc2)(c2ccncc2)Cc2[nH]nc(-c3ccsc3)c21. The molecule has 2 aliphatic carbocycles. The van der Waals surface area contributed by atoms with E-state index >= 15 is 0 Å². The Morgan fingerprint density at radius 1 is 0.519 bits per heavy atom. The molecule has 52 heavy (non-hydrogen) atoms. The van der Waals surface area contributed by atoms with Crippen LogP contribution in [-0.2, 0) is 23.7 Å². The highest BCUT2D eigenvalue weighted by Gasteiger charge is 2.38. The zero-order valence-electron chi connectivity index (χ0n) is 28.2. The van der Waals surface area contributed by atoms with Crippen molar-refractivity contribution in [3.8, 4) is 21.8 Å². The summed E-state index contributed by atoms with van der Waals surface area (Å²) in [6.07, 6.45) is 18.3. The third-order valence-corrected chi connectivity index (χ3v) is 11.8. The monoisotopic (exact) mass is 710 g/mol. The van der Waals surface area contributed by atoms with Crippen LogP contribution in [0.5, 0.6) is 0 Å². The Kier molecular flexibility index (Phi) is 8.39. The minimum Gasteiger partial charge on any atom is -0.281 e. The van der Waals surface area contributed by atoms with Crippen molar-refractivity contribution >= 4 is 34.8 Å². The lowest BCUT2D eigenvalue weighted by Gasteiger charge is -2.34. The second-order valence-electron chi connectivity index (χ2n) is 13.1. The quantitative estimate of drug-likeness (QED) is 0.180. The van der Waals surface area contributed by atoms with E-state index in [1.807, 2.05) is 24.8 Å². The number of fused-ring (bicyclic) bond motifs is 2. The summed E-state index contributed by atoms with van der Waals surface area (Å²) in [6.45, 7) is 0. The van der Waals surface area contributed by atoms with Gasteiger partial charge >= 0.3 is 0 Å². The first-order valence-corrected chi connectivity index (χ1v) is 19.1. The fraction of sp³-hybridized carbons (Fsp3) is 0.0909. The number of hydrogen-bond donors (Lipinski definition) is 2. The molecule has 6 nitrogen and oxygen atoms in total. The molecular weight excluding hydrogens is 677 g/mol. The first-order valence-electron chi connectivity index (χ1n) is 17.2. The smallest absolute Gasteiger partial charge is 0.109 e. The van der Waals surface area contributed by atoms with Crippen LogP contribution in [0.1, 0.15) is 44.8 Å². The number of nitrogens with zero attached hydrogens (tertiary/aromatic N) is 4. The van der Waals surface area contributed by atoms with Crippen LogP contribution >= 0.6 is 22.7 Å².